The number of hydrogen-bond donors (Lipinski definition) is 1. The smallest absolute Gasteiger partial charge is 0.471 e. The molecule has 1 amide bonds. The van der Waals surface area contributed by atoms with E-state index in [1.807, 2.05) is 11.4 Å². The molecule has 122 valence electrons. The Balaban J connectivity index is 2.26. The molecule has 0 atom stereocenters. The van der Waals surface area contributed by atoms with Crippen LogP contribution in [-0.4, -0.2) is 39.0 Å². The molecule has 4 nitrogen and oxygen atoms in total. The molecule has 0 radical (unpaired) electrons. The van der Waals surface area contributed by atoms with E-state index < -0.39 is 17.5 Å². The summed E-state index contributed by atoms with van der Waals surface area (Å²) in [6.07, 6.45) is -3.84. The van der Waals surface area contributed by atoms with E-state index in [4.69, 9.17) is 9.47 Å². The van der Waals surface area contributed by atoms with Crippen LogP contribution in [0, 0.1) is 0 Å². The molecule has 7 heteroatoms. The average molecular weight is 317 g/mol. The second kappa shape index (κ2) is 6.56. The SMILES string of the molecule is COc1ccccc1C1(CNC(=O)C(F)(F)F)CCOCC1. The van der Waals surface area contributed by atoms with E-state index in [1.54, 1.807) is 18.2 Å². The molecule has 1 aliphatic rings. The summed E-state index contributed by atoms with van der Waals surface area (Å²) >= 11 is 0. The van der Waals surface area contributed by atoms with Crippen molar-refractivity contribution in [2.24, 2.45) is 0 Å². The van der Waals surface area contributed by atoms with Crippen LogP contribution in [0.25, 0.3) is 0 Å². The molecule has 1 aliphatic heterocycles. The second-order valence-electron chi connectivity index (χ2n) is 5.27. The lowest BCUT2D eigenvalue weighted by Gasteiger charge is -2.38. The van der Waals surface area contributed by atoms with Crippen LogP contribution in [-0.2, 0) is 14.9 Å². The third kappa shape index (κ3) is 3.52. The molecule has 1 N–H and O–H groups in total. The maximum absolute atomic E-state index is 12.4. The van der Waals surface area contributed by atoms with Crippen LogP contribution in [0.2, 0.25) is 0 Å². The number of carbonyl (C=O) groups excluding carboxylic acids is 1. The molecule has 0 aromatic heterocycles. The Bertz CT molecular complexity index is 525. The van der Waals surface area contributed by atoms with Crippen molar-refractivity contribution in [2.75, 3.05) is 26.9 Å². The van der Waals surface area contributed by atoms with Gasteiger partial charge in [0.05, 0.1) is 7.11 Å². The van der Waals surface area contributed by atoms with Crippen molar-refractivity contribution in [1.29, 1.82) is 0 Å². The molecule has 1 heterocycles. The lowest BCUT2D eigenvalue weighted by atomic mass is 9.73. The number of rotatable bonds is 4. The summed E-state index contributed by atoms with van der Waals surface area (Å²) in [7, 11) is 1.51. The van der Waals surface area contributed by atoms with Crippen molar-refractivity contribution in [3.63, 3.8) is 0 Å². The van der Waals surface area contributed by atoms with Crippen molar-refractivity contribution in [3.8, 4) is 5.75 Å². The Morgan fingerprint density at radius 1 is 1.32 bits per heavy atom. The first kappa shape index (κ1) is 16.6. The van der Waals surface area contributed by atoms with Gasteiger partial charge in [-0.25, -0.2) is 0 Å². The monoisotopic (exact) mass is 317 g/mol. The van der Waals surface area contributed by atoms with Crippen molar-refractivity contribution in [2.45, 2.75) is 24.4 Å². The number of ether oxygens (including phenoxy) is 2. The average Bonchev–Trinajstić information content (AvgIpc) is 2.52. The lowest BCUT2D eigenvalue weighted by Crippen LogP contribution is -2.48. The molecule has 0 bridgehead atoms. The Labute approximate surface area is 126 Å². The van der Waals surface area contributed by atoms with Crippen LogP contribution in [0.1, 0.15) is 18.4 Å². The van der Waals surface area contributed by atoms with Gasteiger partial charge < -0.3 is 14.8 Å². The zero-order chi connectivity index (χ0) is 16.2. The fourth-order valence-electron chi connectivity index (χ4n) is 2.74. The summed E-state index contributed by atoms with van der Waals surface area (Å²) in [4.78, 5) is 11.1. The number of para-hydroxylation sites is 1. The third-order valence-corrected chi connectivity index (χ3v) is 3.97. The van der Waals surface area contributed by atoms with Gasteiger partial charge in [-0.1, -0.05) is 18.2 Å². The predicted molar refractivity (Wildman–Crippen MR) is 73.8 cm³/mol. The number of alkyl halides is 3. The fourth-order valence-corrected chi connectivity index (χ4v) is 2.74. The molecule has 1 saturated heterocycles. The third-order valence-electron chi connectivity index (χ3n) is 3.97. The fraction of sp³-hybridized carbons (Fsp3) is 0.533. The maximum Gasteiger partial charge on any atom is 0.471 e. The summed E-state index contributed by atoms with van der Waals surface area (Å²) in [5, 5.41) is 2.01. The van der Waals surface area contributed by atoms with E-state index in [0.717, 1.165) is 5.56 Å². The molecule has 1 aromatic carbocycles. The Morgan fingerprint density at radius 3 is 2.55 bits per heavy atom. The van der Waals surface area contributed by atoms with Gasteiger partial charge in [0.25, 0.3) is 0 Å². The van der Waals surface area contributed by atoms with E-state index in [9.17, 15) is 18.0 Å². The highest BCUT2D eigenvalue weighted by atomic mass is 19.4. The van der Waals surface area contributed by atoms with E-state index in [1.165, 1.54) is 7.11 Å². The van der Waals surface area contributed by atoms with Gasteiger partial charge in [0.1, 0.15) is 5.75 Å². The molecule has 0 spiro atoms. The molecule has 0 saturated carbocycles. The Hall–Kier alpha value is -1.76. The van der Waals surface area contributed by atoms with Gasteiger partial charge in [-0.3, -0.25) is 4.79 Å². The Kier molecular flexibility index (Phi) is 4.95. The first-order valence-electron chi connectivity index (χ1n) is 6.95. The van der Waals surface area contributed by atoms with Gasteiger partial charge in [-0.05, 0) is 18.9 Å². The molecular weight excluding hydrogens is 299 g/mol. The normalized spacial score (nSPS) is 17.8. The van der Waals surface area contributed by atoms with Gasteiger partial charge in [0, 0.05) is 30.7 Å². The number of hydrogen-bond acceptors (Lipinski definition) is 3. The Morgan fingerprint density at radius 2 is 1.95 bits per heavy atom. The molecule has 0 aliphatic carbocycles. The minimum atomic E-state index is -4.88. The maximum atomic E-state index is 12.4. The second-order valence-corrected chi connectivity index (χ2v) is 5.27. The van der Waals surface area contributed by atoms with Crippen molar-refractivity contribution < 1.29 is 27.4 Å². The van der Waals surface area contributed by atoms with Gasteiger partial charge in [0.15, 0.2) is 0 Å². The quantitative estimate of drug-likeness (QED) is 0.928. The van der Waals surface area contributed by atoms with Gasteiger partial charge in [-0.2, -0.15) is 13.2 Å². The van der Waals surface area contributed by atoms with Crippen LogP contribution < -0.4 is 10.1 Å². The predicted octanol–water partition coefficient (Wildman–Crippen LogP) is 2.42. The lowest BCUT2D eigenvalue weighted by molar-refractivity contribution is -0.174. The minimum absolute atomic E-state index is 0.102. The van der Waals surface area contributed by atoms with Crippen molar-refractivity contribution in [3.05, 3.63) is 29.8 Å². The first-order chi connectivity index (χ1) is 10.4. The molecule has 22 heavy (non-hydrogen) atoms. The van der Waals surface area contributed by atoms with E-state index in [2.05, 4.69) is 0 Å². The van der Waals surface area contributed by atoms with Gasteiger partial charge in [0.2, 0.25) is 0 Å². The molecule has 1 fully saturated rings. The van der Waals surface area contributed by atoms with Crippen molar-refractivity contribution in [1.82, 2.24) is 5.32 Å². The van der Waals surface area contributed by atoms with Crippen LogP contribution in [0.4, 0.5) is 13.2 Å². The van der Waals surface area contributed by atoms with Crippen LogP contribution in [0.5, 0.6) is 5.75 Å². The number of halogens is 3. The first-order valence-corrected chi connectivity index (χ1v) is 6.95. The topological polar surface area (TPSA) is 47.6 Å². The standard InChI is InChI=1S/C15H18F3NO3/c1-21-12-5-3-2-4-11(12)14(6-8-22-9-7-14)10-19-13(20)15(16,17)18/h2-5H,6-10H2,1H3,(H,19,20). The number of carbonyl (C=O) groups is 1. The summed E-state index contributed by atoms with van der Waals surface area (Å²) in [6.45, 7) is 0.759. The van der Waals surface area contributed by atoms with Crippen LogP contribution in [0.3, 0.4) is 0 Å². The zero-order valence-electron chi connectivity index (χ0n) is 12.2. The number of nitrogens with one attached hydrogen (secondary N) is 1. The molecule has 2 rings (SSSR count). The number of amides is 1. The van der Waals surface area contributed by atoms with Gasteiger partial charge >= 0.3 is 12.1 Å². The minimum Gasteiger partial charge on any atom is -0.496 e. The van der Waals surface area contributed by atoms with E-state index in [0.29, 0.717) is 31.8 Å². The largest absolute Gasteiger partial charge is 0.496 e. The van der Waals surface area contributed by atoms with E-state index in [-0.39, 0.29) is 6.54 Å². The summed E-state index contributed by atoms with van der Waals surface area (Å²) in [5.74, 6) is -1.32. The van der Waals surface area contributed by atoms with Crippen LogP contribution in [0.15, 0.2) is 24.3 Å². The summed E-state index contributed by atoms with van der Waals surface area (Å²) in [6, 6.07) is 7.19. The van der Waals surface area contributed by atoms with Crippen LogP contribution >= 0.6 is 0 Å². The molecule has 0 unspecified atom stereocenters. The van der Waals surface area contributed by atoms with Gasteiger partial charge in [-0.15, -0.1) is 0 Å². The van der Waals surface area contributed by atoms with Crippen molar-refractivity contribution >= 4 is 5.91 Å². The molecular formula is C15H18F3NO3. The van der Waals surface area contributed by atoms with E-state index >= 15 is 0 Å². The molecule has 1 aromatic rings. The highest BCUT2D eigenvalue weighted by Gasteiger charge is 2.42. The summed E-state index contributed by atoms with van der Waals surface area (Å²) in [5.41, 5.74) is 0.175. The number of benzene rings is 1. The zero-order valence-corrected chi connectivity index (χ0v) is 12.2. The number of methoxy groups -OCH3 is 1. The highest BCUT2D eigenvalue weighted by Crippen LogP contribution is 2.39. The summed E-state index contributed by atoms with van der Waals surface area (Å²) < 4.78 is 47.9. The highest BCUT2D eigenvalue weighted by molar-refractivity contribution is 5.81.